The Morgan fingerprint density at radius 1 is 0.532 bits per heavy atom. The van der Waals surface area contributed by atoms with Crippen LogP contribution >= 0.6 is 25.3 Å². The number of nitrogens with zero attached hydrogens (tertiary/aromatic N) is 3. The molecular formula is C70H105N17O20S2. The number of carbonyl (C=O) groups is 15. The Bertz CT molecular complexity index is 3550. The molecule has 0 aliphatic carbocycles. The Morgan fingerprint density at radius 3 is 1.54 bits per heavy atom. The van der Waals surface area contributed by atoms with E-state index in [9.17, 15) is 97.5 Å². The van der Waals surface area contributed by atoms with Crippen molar-refractivity contribution in [2.45, 2.75) is 203 Å². The van der Waals surface area contributed by atoms with E-state index in [0.29, 0.717) is 36.8 Å². The third-order valence-corrected chi connectivity index (χ3v) is 20.0. The number of guanidine groups is 1. The van der Waals surface area contributed by atoms with Gasteiger partial charge in [-0.3, -0.25) is 72.5 Å². The lowest BCUT2D eigenvalue weighted by atomic mass is 9.96. The number of hydrogen-bond acceptors (Lipinski definition) is 22. The lowest BCUT2D eigenvalue weighted by molar-refractivity contribution is -0.149. The van der Waals surface area contributed by atoms with E-state index in [1.165, 1.54) is 39.0 Å². The quantitative estimate of drug-likeness (QED) is 0.0128. The number of rotatable bonds is 42. The van der Waals surface area contributed by atoms with Gasteiger partial charge in [0.1, 0.15) is 84.3 Å². The van der Waals surface area contributed by atoms with Gasteiger partial charge >= 0.3 is 11.9 Å². The summed E-state index contributed by atoms with van der Waals surface area (Å²) in [4.78, 5) is 210. The van der Waals surface area contributed by atoms with Crippen molar-refractivity contribution < 1.29 is 97.5 Å². The van der Waals surface area contributed by atoms with E-state index in [0.717, 1.165) is 6.92 Å². The molecule has 0 bridgehead atoms. The minimum Gasteiger partial charge on any atom is -0.508 e. The maximum atomic E-state index is 14.9. The van der Waals surface area contributed by atoms with Gasteiger partial charge in [-0.05, 0) is 93.4 Å². The number of phenols is 1. The van der Waals surface area contributed by atoms with Crippen LogP contribution in [0.5, 0.6) is 5.75 Å². The third kappa shape index (κ3) is 26.5. The van der Waals surface area contributed by atoms with Gasteiger partial charge in [0.15, 0.2) is 5.96 Å². The first-order chi connectivity index (χ1) is 51.7. The standard InChI is InChI=1S/C70H105N17O20S2/c1-6-36(3)54(64(101)81-47(34-108)60(97)77-44(30-39-15-9-8-10-16-39)66(103)85-26-12-18-49(85)62(99)78-45(69(106)107)31-53(92)93)82-63(100)50-19-13-27-86(50)67(104)51-20-14-28-87(51)68(105)55(37(4)7-2)83-59(96)46(33-88)79-58(95)43(29-40-21-23-41(90)24-22-40)76-65(102)56(38(5)89)84-61(98)48(35-109)80-57(94)42(75-52(91)32-71)17-11-25-74-70(72)73/h8-10,15-16,21-24,36-38,42-51,54-56,88-90,108-109H,6-7,11-14,17-20,25-35,71H2,1-5H3,(H,75,91)(H,76,102)(H,77,97)(H,78,99)(H,79,95)(H,80,94)(H,81,101)(H,82,100)(H,83,96)(H,84,98)(H,92,93)(H,106,107)(H4,72,73,74)/t36-,37-,38+,42-,43-,44-,45-,46-,47-,48-,49-,50-,51-,54-,55-,56-/m0/s1. The minimum atomic E-state index is -1.83. The van der Waals surface area contributed by atoms with Crippen LogP contribution < -0.4 is 70.0 Å². The Kier molecular flexibility index (Phi) is 36.2. The second kappa shape index (κ2) is 44.0. The molecule has 0 unspecified atom stereocenters. The lowest BCUT2D eigenvalue weighted by Gasteiger charge is -2.35. The highest BCUT2D eigenvalue weighted by molar-refractivity contribution is 7.80. The van der Waals surface area contributed by atoms with Gasteiger partial charge in [0.2, 0.25) is 76.8 Å². The number of carboxylic acid groups (broad SMARTS) is 2. The van der Waals surface area contributed by atoms with Crippen molar-refractivity contribution in [1.29, 1.82) is 5.41 Å². The molecule has 2 aromatic carbocycles. The van der Waals surface area contributed by atoms with Gasteiger partial charge in [0, 0.05) is 50.5 Å². The molecule has 39 heteroatoms. The summed E-state index contributed by atoms with van der Waals surface area (Å²) in [7, 11) is 0. The molecule has 5 rings (SSSR count). The fourth-order valence-corrected chi connectivity index (χ4v) is 13.3. The summed E-state index contributed by atoms with van der Waals surface area (Å²) in [6, 6.07) is -4.86. The molecule has 0 saturated carbocycles. The maximum Gasteiger partial charge on any atom is 0.326 e. The molecule has 0 aromatic heterocycles. The summed E-state index contributed by atoms with van der Waals surface area (Å²) in [5.41, 5.74) is 11.7. The van der Waals surface area contributed by atoms with Crippen LogP contribution in [0.4, 0.5) is 0 Å². The lowest BCUT2D eigenvalue weighted by Crippen LogP contribution is -2.63. The molecule has 3 aliphatic heterocycles. The van der Waals surface area contributed by atoms with Crippen LogP contribution in [0.15, 0.2) is 54.6 Å². The van der Waals surface area contributed by atoms with E-state index in [2.05, 4.69) is 83.7 Å². The van der Waals surface area contributed by atoms with E-state index < -0.39 is 205 Å². The summed E-state index contributed by atoms with van der Waals surface area (Å²) in [6.07, 6.45) is -0.864. The van der Waals surface area contributed by atoms with E-state index in [1.807, 2.05) is 0 Å². The summed E-state index contributed by atoms with van der Waals surface area (Å²) in [6.45, 7) is 6.72. The minimum absolute atomic E-state index is 0.000532. The number of thiol groups is 2. The van der Waals surface area contributed by atoms with E-state index in [1.54, 1.807) is 58.0 Å². The smallest absolute Gasteiger partial charge is 0.326 e. The molecule has 109 heavy (non-hydrogen) atoms. The number of carbonyl (C=O) groups excluding carboxylic acids is 13. The topological polar surface area (TPSA) is 575 Å². The molecule has 3 aliphatic rings. The fourth-order valence-electron chi connectivity index (χ4n) is 12.8. The number of likely N-dealkylation sites (tertiary alicyclic amines) is 3. The molecule has 3 saturated heterocycles. The first-order valence-corrected chi connectivity index (χ1v) is 37.5. The molecule has 3 fully saturated rings. The van der Waals surface area contributed by atoms with Crippen LogP contribution in [-0.2, 0) is 84.8 Å². The molecule has 13 amide bonds. The first kappa shape index (κ1) is 89.8. The zero-order valence-electron chi connectivity index (χ0n) is 61.5. The second-order valence-corrected chi connectivity index (χ2v) is 28.0. The van der Waals surface area contributed by atoms with Crippen molar-refractivity contribution >= 4 is 120 Å². The van der Waals surface area contributed by atoms with E-state index in [4.69, 9.17) is 16.9 Å². The van der Waals surface area contributed by atoms with E-state index in [-0.39, 0.29) is 101 Å². The normalized spacial score (nSPS) is 19.0. The van der Waals surface area contributed by atoms with Crippen LogP contribution in [0.2, 0.25) is 0 Å². The highest BCUT2D eigenvalue weighted by atomic mass is 32.1. The zero-order chi connectivity index (χ0) is 80.9. The van der Waals surface area contributed by atoms with Crippen LogP contribution in [0.25, 0.3) is 0 Å². The maximum absolute atomic E-state index is 14.9. The summed E-state index contributed by atoms with van der Waals surface area (Å²) in [5.74, 6) is -16.7. The largest absolute Gasteiger partial charge is 0.508 e. The van der Waals surface area contributed by atoms with Crippen LogP contribution in [-0.4, -0.2) is 270 Å². The summed E-state index contributed by atoms with van der Waals surface area (Å²) >= 11 is 8.55. The van der Waals surface area contributed by atoms with Crippen LogP contribution in [0.3, 0.4) is 0 Å². The molecule has 602 valence electrons. The summed E-state index contributed by atoms with van der Waals surface area (Å²) in [5, 5.41) is 85.5. The van der Waals surface area contributed by atoms with Gasteiger partial charge in [-0.15, -0.1) is 0 Å². The number of nitrogens with two attached hydrogens (primary N) is 2. The molecule has 3 heterocycles. The second-order valence-electron chi connectivity index (χ2n) is 27.3. The number of phenolic OH excluding ortho intramolecular Hbond substituents is 1. The highest BCUT2D eigenvalue weighted by Gasteiger charge is 2.47. The fraction of sp³-hybridized carbons (Fsp3) is 0.600. The number of nitrogens with one attached hydrogen (secondary N) is 12. The average Bonchev–Trinajstić information content (AvgIpc) is 1.69. The van der Waals surface area contributed by atoms with Crippen LogP contribution in [0, 0.1) is 17.2 Å². The molecular weight excluding hydrogens is 1460 g/mol. The van der Waals surface area contributed by atoms with Crippen LogP contribution in [0.1, 0.15) is 116 Å². The highest BCUT2D eigenvalue weighted by Crippen LogP contribution is 2.28. The number of benzene rings is 2. The average molecular weight is 1570 g/mol. The van der Waals surface area contributed by atoms with Gasteiger partial charge in [0.25, 0.3) is 0 Å². The number of carboxylic acids is 2. The van der Waals surface area contributed by atoms with Crippen molar-refractivity contribution in [2.24, 2.45) is 23.3 Å². The predicted octanol–water partition coefficient (Wildman–Crippen LogP) is -4.90. The van der Waals surface area contributed by atoms with Crippen molar-refractivity contribution in [3.63, 3.8) is 0 Å². The molecule has 0 spiro atoms. The Morgan fingerprint density at radius 2 is 0.991 bits per heavy atom. The number of aromatic hydroxyl groups is 1. The Hall–Kier alpha value is -9.86. The number of hydrogen-bond donors (Lipinski definition) is 21. The van der Waals surface area contributed by atoms with Crippen molar-refractivity contribution in [1.82, 2.24) is 73.2 Å². The van der Waals surface area contributed by atoms with Crippen molar-refractivity contribution in [2.75, 3.05) is 50.8 Å². The predicted molar refractivity (Wildman–Crippen MR) is 399 cm³/mol. The van der Waals surface area contributed by atoms with Crippen molar-refractivity contribution in [3.05, 3.63) is 65.7 Å². The Balaban J connectivity index is 1.28. The van der Waals surface area contributed by atoms with E-state index >= 15 is 0 Å². The van der Waals surface area contributed by atoms with Gasteiger partial charge in [-0.1, -0.05) is 83.0 Å². The molecule has 16 atom stereocenters. The van der Waals surface area contributed by atoms with Gasteiger partial charge in [-0.25, -0.2) is 4.79 Å². The van der Waals surface area contributed by atoms with Gasteiger partial charge in [-0.2, -0.15) is 25.3 Å². The molecule has 37 nitrogen and oxygen atoms in total. The number of aliphatic hydroxyl groups is 2. The number of aliphatic carboxylic acids is 2. The molecule has 2 aromatic rings. The van der Waals surface area contributed by atoms with Gasteiger partial charge in [0.05, 0.1) is 25.7 Å². The molecule has 21 N–H and O–H groups in total. The van der Waals surface area contributed by atoms with Crippen molar-refractivity contribution in [3.8, 4) is 5.75 Å². The molecule has 0 radical (unpaired) electrons. The number of aliphatic hydroxyl groups excluding tert-OH is 2. The monoisotopic (exact) mass is 1570 g/mol. The first-order valence-electron chi connectivity index (χ1n) is 36.2. The summed E-state index contributed by atoms with van der Waals surface area (Å²) < 4.78 is 0. The number of amides is 13. The zero-order valence-corrected chi connectivity index (χ0v) is 63.3. The SMILES string of the molecule is CC[C@H](C)[C@H](NC(=O)[C@@H]1CCCN1C(=O)[C@@H]1CCCN1C(=O)[C@@H](NC(=O)[C@H](CO)NC(=O)[C@H](Cc1ccc(O)cc1)NC(=O)[C@@H](NC(=O)[C@H](CS)NC(=O)[C@H](CCCNC(=N)N)NC(=O)CN)[C@@H](C)O)[C@@H](C)CC)C(=O)N[C@@H](CS)C(=O)N[C@@H](Cc1ccccc1)C(=O)N1CCC[C@H]1C(=O)N[C@@H](CC(=O)O)C(=O)O. The van der Waals surface area contributed by atoms with Gasteiger partial charge < -0.3 is 110 Å². The Labute approximate surface area is 641 Å². The third-order valence-electron chi connectivity index (χ3n) is 19.3.